The summed E-state index contributed by atoms with van der Waals surface area (Å²) in [4.78, 5) is 2.46. The minimum Gasteiger partial charge on any atom is -0.371 e. The van der Waals surface area contributed by atoms with Crippen LogP contribution in [0.3, 0.4) is 0 Å². The molecule has 2 aromatic rings. The molecule has 1 aliphatic rings. The van der Waals surface area contributed by atoms with Crippen molar-refractivity contribution < 1.29 is 4.39 Å². The molecule has 0 spiro atoms. The Morgan fingerprint density at radius 1 is 1.26 bits per heavy atom. The van der Waals surface area contributed by atoms with Gasteiger partial charge in [-0.2, -0.15) is 0 Å². The van der Waals surface area contributed by atoms with E-state index in [2.05, 4.69) is 53.6 Å². The molecule has 0 radical (unpaired) electrons. The van der Waals surface area contributed by atoms with Crippen LogP contribution in [0.4, 0.5) is 15.8 Å². The summed E-state index contributed by atoms with van der Waals surface area (Å²) in [5, 5.41) is 6.83. The molecule has 3 nitrogen and oxygen atoms in total. The number of benzene rings is 2. The van der Waals surface area contributed by atoms with Crippen molar-refractivity contribution in [1.82, 2.24) is 5.32 Å². The van der Waals surface area contributed by atoms with E-state index in [-0.39, 0.29) is 11.1 Å². The van der Waals surface area contributed by atoms with E-state index in [1.54, 1.807) is 6.07 Å². The molecule has 144 valence electrons. The highest BCUT2D eigenvalue weighted by Gasteiger charge is 2.17. The van der Waals surface area contributed by atoms with Gasteiger partial charge in [0.1, 0.15) is 5.82 Å². The molecule has 1 heterocycles. The van der Waals surface area contributed by atoms with Crippen LogP contribution < -0.4 is 15.5 Å². The summed E-state index contributed by atoms with van der Waals surface area (Å²) >= 11 is 11.2. The first-order valence-corrected chi connectivity index (χ1v) is 10.1. The zero-order valence-corrected chi connectivity index (χ0v) is 17.2. The lowest BCUT2D eigenvalue weighted by molar-refractivity contribution is 0.447. The molecule has 0 amide bonds. The first-order chi connectivity index (χ1) is 12.9. The molecule has 1 saturated heterocycles. The zero-order valence-electron chi connectivity index (χ0n) is 15.6. The van der Waals surface area contributed by atoms with Gasteiger partial charge in [0.2, 0.25) is 0 Å². The van der Waals surface area contributed by atoms with E-state index in [1.165, 1.54) is 30.7 Å². The second kappa shape index (κ2) is 8.89. The Balaban J connectivity index is 1.57. The Bertz CT molecular complexity index is 797. The van der Waals surface area contributed by atoms with Gasteiger partial charge >= 0.3 is 0 Å². The number of thiocarbonyl (C=S) groups is 1. The van der Waals surface area contributed by atoms with Crippen molar-refractivity contribution in [2.24, 2.45) is 5.92 Å². The van der Waals surface area contributed by atoms with Crippen LogP contribution >= 0.6 is 23.8 Å². The van der Waals surface area contributed by atoms with Gasteiger partial charge in [0.25, 0.3) is 0 Å². The van der Waals surface area contributed by atoms with Crippen molar-refractivity contribution in [1.29, 1.82) is 0 Å². The number of hydrogen-bond donors (Lipinski definition) is 2. The van der Waals surface area contributed by atoms with Gasteiger partial charge in [-0.15, -0.1) is 0 Å². The molecular weight excluding hydrogens is 381 g/mol. The first-order valence-electron chi connectivity index (χ1n) is 9.30. The van der Waals surface area contributed by atoms with E-state index >= 15 is 0 Å². The second-order valence-corrected chi connectivity index (χ2v) is 8.05. The van der Waals surface area contributed by atoms with Crippen LogP contribution in [0.15, 0.2) is 42.5 Å². The Kier molecular flexibility index (Phi) is 6.55. The molecule has 0 bridgehead atoms. The molecular formula is C21H25ClFN3S. The summed E-state index contributed by atoms with van der Waals surface area (Å²) in [5.41, 5.74) is 3.09. The van der Waals surface area contributed by atoms with Gasteiger partial charge in [-0.1, -0.05) is 30.7 Å². The van der Waals surface area contributed by atoms with E-state index in [9.17, 15) is 4.39 Å². The Morgan fingerprint density at radius 2 is 2.00 bits per heavy atom. The first kappa shape index (κ1) is 19.9. The van der Waals surface area contributed by atoms with Crippen LogP contribution in [0.25, 0.3) is 0 Å². The van der Waals surface area contributed by atoms with E-state index in [1.807, 2.05) is 0 Å². The third-order valence-corrected chi connectivity index (χ3v) is 5.45. The molecule has 2 N–H and O–H groups in total. The number of anilines is 2. The summed E-state index contributed by atoms with van der Waals surface area (Å²) in [6.07, 6.45) is 2.58. The van der Waals surface area contributed by atoms with Gasteiger partial charge in [-0.3, -0.25) is 0 Å². The van der Waals surface area contributed by atoms with Crippen LogP contribution in [0.1, 0.15) is 38.3 Å². The van der Waals surface area contributed by atoms with E-state index < -0.39 is 5.82 Å². The fourth-order valence-electron chi connectivity index (χ4n) is 3.42. The van der Waals surface area contributed by atoms with E-state index in [0.717, 1.165) is 24.6 Å². The standard InChI is InChI=1S/C21H25ClFN3S/c1-14-4-3-11-26(13-14)18-8-5-16(6-9-18)15(2)24-21(27)25-17-7-10-20(23)19(22)12-17/h5-10,12,14-15H,3-4,11,13H2,1-2H3,(H2,24,25,27)/t14-,15+/m1/s1. The molecule has 2 atom stereocenters. The number of halogens is 2. The lowest BCUT2D eigenvalue weighted by atomic mass is 9.99. The monoisotopic (exact) mass is 405 g/mol. The molecule has 1 fully saturated rings. The van der Waals surface area contributed by atoms with Gasteiger partial charge < -0.3 is 15.5 Å². The summed E-state index contributed by atoms with van der Waals surface area (Å²) in [5.74, 6) is 0.306. The summed E-state index contributed by atoms with van der Waals surface area (Å²) in [6.45, 7) is 6.63. The Labute approximate surface area is 170 Å². The largest absolute Gasteiger partial charge is 0.371 e. The van der Waals surface area contributed by atoms with Crippen molar-refractivity contribution in [3.8, 4) is 0 Å². The van der Waals surface area contributed by atoms with Gasteiger partial charge in [-0.05, 0) is 73.8 Å². The minimum absolute atomic E-state index is 0.0512. The maximum Gasteiger partial charge on any atom is 0.171 e. The topological polar surface area (TPSA) is 27.3 Å². The van der Waals surface area contributed by atoms with Crippen LogP contribution in [-0.4, -0.2) is 18.2 Å². The van der Waals surface area contributed by atoms with E-state index in [0.29, 0.717) is 10.8 Å². The highest BCUT2D eigenvalue weighted by Crippen LogP contribution is 2.25. The smallest absolute Gasteiger partial charge is 0.171 e. The fraction of sp³-hybridized carbons (Fsp3) is 0.381. The number of rotatable bonds is 4. The quantitative estimate of drug-likeness (QED) is 0.632. The lowest BCUT2D eigenvalue weighted by Gasteiger charge is -2.33. The van der Waals surface area contributed by atoms with Crippen LogP contribution in [0.2, 0.25) is 5.02 Å². The third-order valence-electron chi connectivity index (χ3n) is 4.94. The highest BCUT2D eigenvalue weighted by molar-refractivity contribution is 7.80. The average molecular weight is 406 g/mol. The molecule has 6 heteroatoms. The van der Waals surface area contributed by atoms with Crippen LogP contribution in [-0.2, 0) is 0 Å². The van der Waals surface area contributed by atoms with Crippen LogP contribution in [0.5, 0.6) is 0 Å². The zero-order chi connectivity index (χ0) is 19.4. The van der Waals surface area contributed by atoms with Crippen molar-refractivity contribution in [3.05, 3.63) is 58.9 Å². The number of nitrogens with one attached hydrogen (secondary N) is 2. The lowest BCUT2D eigenvalue weighted by Crippen LogP contribution is -2.34. The maximum atomic E-state index is 13.2. The van der Waals surface area contributed by atoms with Gasteiger partial charge in [0.15, 0.2) is 5.11 Å². The molecule has 0 aliphatic carbocycles. The SMILES string of the molecule is C[C@@H]1CCCN(c2ccc([C@H](C)NC(=S)Nc3ccc(F)c(Cl)c3)cc2)C1. The molecule has 1 aliphatic heterocycles. The molecule has 0 saturated carbocycles. The fourth-order valence-corrected chi connectivity index (χ4v) is 3.89. The molecule has 27 heavy (non-hydrogen) atoms. The number of hydrogen-bond acceptors (Lipinski definition) is 2. The van der Waals surface area contributed by atoms with Crippen molar-refractivity contribution in [3.63, 3.8) is 0 Å². The average Bonchev–Trinajstić information content (AvgIpc) is 2.65. The summed E-state index contributed by atoms with van der Waals surface area (Å²) in [7, 11) is 0. The third kappa shape index (κ3) is 5.33. The predicted molar refractivity (Wildman–Crippen MR) is 116 cm³/mol. The van der Waals surface area contributed by atoms with Gasteiger partial charge in [-0.25, -0.2) is 4.39 Å². The normalized spacial score (nSPS) is 18.1. The number of piperidine rings is 1. The van der Waals surface area contributed by atoms with Gasteiger partial charge in [0, 0.05) is 24.5 Å². The number of nitrogens with zero attached hydrogens (tertiary/aromatic N) is 1. The second-order valence-electron chi connectivity index (χ2n) is 7.23. The predicted octanol–water partition coefficient (Wildman–Crippen LogP) is 5.76. The molecule has 2 aromatic carbocycles. The Hall–Kier alpha value is -1.85. The van der Waals surface area contributed by atoms with Crippen molar-refractivity contribution in [2.45, 2.75) is 32.7 Å². The molecule has 0 unspecified atom stereocenters. The van der Waals surface area contributed by atoms with Gasteiger partial charge in [0.05, 0.1) is 11.1 Å². The Morgan fingerprint density at radius 3 is 2.67 bits per heavy atom. The molecule has 0 aromatic heterocycles. The van der Waals surface area contributed by atoms with Crippen LogP contribution in [0, 0.1) is 11.7 Å². The summed E-state index contributed by atoms with van der Waals surface area (Å²) < 4.78 is 13.2. The van der Waals surface area contributed by atoms with E-state index in [4.69, 9.17) is 23.8 Å². The van der Waals surface area contributed by atoms with Crippen molar-refractivity contribution in [2.75, 3.05) is 23.3 Å². The van der Waals surface area contributed by atoms with Crippen molar-refractivity contribution >= 4 is 40.3 Å². The maximum absolute atomic E-state index is 13.2. The minimum atomic E-state index is -0.447. The highest BCUT2D eigenvalue weighted by atomic mass is 35.5. The molecule has 3 rings (SSSR count). The summed E-state index contributed by atoms with van der Waals surface area (Å²) in [6, 6.07) is 13.1.